The molecule has 29 heavy (non-hydrogen) atoms. The number of hydrogen-bond donors (Lipinski definition) is 1. The maximum Gasteiger partial charge on any atom is 0.193 e. The van der Waals surface area contributed by atoms with Crippen molar-refractivity contribution in [1.29, 1.82) is 0 Å². The monoisotopic (exact) mass is 505 g/mol. The van der Waals surface area contributed by atoms with Gasteiger partial charge in [0.1, 0.15) is 12.4 Å². The Kier molecular flexibility index (Phi) is 9.49. The Morgan fingerprint density at radius 1 is 1.10 bits per heavy atom. The summed E-state index contributed by atoms with van der Waals surface area (Å²) in [5, 5.41) is 7.84. The third kappa shape index (κ3) is 7.08. The zero-order valence-electron chi connectivity index (χ0n) is 16.9. The average molecular weight is 505 g/mol. The fraction of sp³-hybridized carbons (Fsp3) is 0.273. The molecule has 0 amide bonds. The molecule has 0 aliphatic rings. The summed E-state index contributed by atoms with van der Waals surface area (Å²) in [6.45, 7) is 2.14. The van der Waals surface area contributed by atoms with Crippen LogP contribution in [0.1, 0.15) is 5.56 Å². The van der Waals surface area contributed by atoms with E-state index in [0.717, 1.165) is 36.9 Å². The van der Waals surface area contributed by atoms with Crippen LogP contribution in [0.4, 0.5) is 0 Å². The second kappa shape index (κ2) is 12.1. The summed E-state index contributed by atoms with van der Waals surface area (Å²) in [5.41, 5.74) is 2.25. The SMILES string of the molecule is CN=C(NCCc1cnn(-c2ccccc2)c1)N(C)CCOc1ccccc1.I. The molecule has 3 rings (SSSR count). The quantitative estimate of drug-likeness (QED) is 0.289. The van der Waals surface area contributed by atoms with Crippen LogP contribution < -0.4 is 10.1 Å². The molecule has 0 spiro atoms. The van der Waals surface area contributed by atoms with E-state index in [1.54, 1.807) is 7.05 Å². The molecular weight excluding hydrogens is 477 g/mol. The summed E-state index contributed by atoms with van der Waals surface area (Å²) in [6, 6.07) is 20.0. The summed E-state index contributed by atoms with van der Waals surface area (Å²) in [5.74, 6) is 1.74. The number of nitrogens with zero attached hydrogens (tertiary/aromatic N) is 4. The first-order valence-electron chi connectivity index (χ1n) is 9.45. The van der Waals surface area contributed by atoms with Crippen molar-refractivity contribution in [1.82, 2.24) is 20.0 Å². The van der Waals surface area contributed by atoms with E-state index in [9.17, 15) is 0 Å². The molecule has 0 saturated heterocycles. The van der Waals surface area contributed by atoms with Crippen molar-refractivity contribution in [2.75, 3.05) is 33.8 Å². The first-order valence-corrected chi connectivity index (χ1v) is 9.45. The second-order valence-corrected chi connectivity index (χ2v) is 6.44. The number of para-hydroxylation sites is 2. The van der Waals surface area contributed by atoms with Gasteiger partial charge in [0.25, 0.3) is 0 Å². The van der Waals surface area contributed by atoms with E-state index in [1.807, 2.05) is 78.6 Å². The van der Waals surface area contributed by atoms with Crippen LogP contribution in [-0.4, -0.2) is 54.4 Å². The van der Waals surface area contributed by atoms with Gasteiger partial charge in [-0.2, -0.15) is 5.10 Å². The summed E-state index contributed by atoms with van der Waals surface area (Å²) in [7, 11) is 3.81. The van der Waals surface area contributed by atoms with Crippen LogP contribution >= 0.6 is 24.0 Å². The molecule has 154 valence electrons. The highest BCUT2D eigenvalue weighted by Crippen LogP contribution is 2.09. The first-order chi connectivity index (χ1) is 13.8. The van der Waals surface area contributed by atoms with Crippen LogP contribution in [0, 0.1) is 0 Å². The third-order valence-corrected chi connectivity index (χ3v) is 4.37. The van der Waals surface area contributed by atoms with Crippen LogP contribution in [-0.2, 0) is 6.42 Å². The lowest BCUT2D eigenvalue weighted by Crippen LogP contribution is -2.41. The minimum atomic E-state index is 0. The molecule has 1 N–H and O–H groups in total. The van der Waals surface area contributed by atoms with E-state index in [0.29, 0.717) is 6.61 Å². The molecular formula is C22H28IN5O. The molecule has 2 aromatic carbocycles. The smallest absolute Gasteiger partial charge is 0.193 e. The normalized spacial score (nSPS) is 10.9. The van der Waals surface area contributed by atoms with Crippen molar-refractivity contribution in [3.8, 4) is 11.4 Å². The van der Waals surface area contributed by atoms with Gasteiger partial charge in [0.05, 0.1) is 18.4 Å². The third-order valence-electron chi connectivity index (χ3n) is 4.37. The van der Waals surface area contributed by atoms with E-state index in [-0.39, 0.29) is 24.0 Å². The van der Waals surface area contributed by atoms with E-state index in [2.05, 4.69) is 26.5 Å². The molecule has 0 unspecified atom stereocenters. The van der Waals surface area contributed by atoms with Gasteiger partial charge in [-0.15, -0.1) is 24.0 Å². The minimum Gasteiger partial charge on any atom is -0.492 e. The van der Waals surface area contributed by atoms with Gasteiger partial charge in [-0.05, 0) is 36.2 Å². The Bertz CT molecular complexity index is 867. The van der Waals surface area contributed by atoms with E-state index in [4.69, 9.17) is 4.74 Å². The van der Waals surface area contributed by atoms with Crippen LogP contribution in [0.5, 0.6) is 5.75 Å². The topological polar surface area (TPSA) is 54.7 Å². The van der Waals surface area contributed by atoms with Crippen LogP contribution in [0.25, 0.3) is 5.69 Å². The number of guanidine groups is 1. The maximum atomic E-state index is 5.75. The van der Waals surface area contributed by atoms with Crippen molar-refractivity contribution in [3.05, 3.63) is 78.6 Å². The molecule has 7 heteroatoms. The Hall–Kier alpha value is -2.55. The summed E-state index contributed by atoms with van der Waals surface area (Å²) >= 11 is 0. The van der Waals surface area contributed by atoms with Crippen molar-refractivity contribution in [2.45, 2.75) is 6.42 Å². The summed E-state index contributed by atoms with van der Waals surface area (Å²) in [6.07, 6.45) is 4.85. The highest BCUT2D eigenvalue weighted by molar-refractivity contribution is 14.0. The van der Waals surface area contributed by atoms with Gasteiger partial charge in [0.15, 0.2) is 5.96 Å². The molecule has 0 aliphatic heterocycles. The van der Waals surface area contributed by atoms with Crippen molar-refractivity contribution >= 4 is 29.9 Å². The van der Waals surface area contributed by atoms with Gasteiger partial charge < -0.3 is 15.0 Å². The highest BCUT2D eigenvalue weighted by atomic mass is 127. The van der Waals surface area contributed by atoms with Gasteiger partial charge in [0, 0.05) is 26.8 Å². The molecule has 0 bridgehead atoms. The largest absolute Gasteiger partial charge is 0.492 e. The summed E-state index contributed by atoms with van der Waals surface area (Å²) < 4.78 is 7.65. The van der Waals surface area contributed by atoms with Gasteiger partial charge in [0.2, 0.25) is 0 Å². The van der Waals surface area contributed by atoms with E-state index < -0.39 is 0 Å². The minimum absolute atomic E-state index is 0. The second-order valence-electron chi connectivity index (χ2n) is 6.44. The zero-order chi connectivity index (χ0) is 19.6. The lowest BCUT2D eigenvalue weighted by molar-refractivity contribution is 0.281. The Labute approximate surface area is 189 Å². The lowest BCUT2D eigenvalue weighted by atomic mass is 10.2. The molecule has 1 aromatic heterocycles. The maximum absolute atomic E-state index is 5.75. The van der Waals surface area contributed by atoms with Gasteiger partial charge in [-0.3, -0.25) is 4.99 Å². The van der Waals surface area contributed by atoms with Crippen molar-refractivity contribution < 1.29 is 4.74 Å². The van der Waals surface area contributed by atoms with Crippen LogP contribution in [0.2, 0.25) is 0 Å². The fourth-order valence-corrected chi connectivity index (χ4v) is 2.84. The number of hydrogen-bond acceptors (Lipinski definition) is 3. The average Bonchev–Trinajstić information content (AvgIpc) is 3.21. The molecule has 0 aliphatic carbocycles. The van der Waals surface area contributed by atoms with Gasteiger partial charge in [-0.25, -0.2) is 4.68 Å². The Balaban J connectivity index is 0.00000300. The number of rotatable bonds is 8. The standard InChI is InChI=1S/C22H27N5O.HI/c1-23-22(26(2)15-16-28-21-11-7-4-8-12-21)24-14-13-19-17-25-27(18-19)20-9-5-3-6-10-20;/h3-12,17-18H,13-16H2,1-2H3,(H,23,24);1H. The number of halogens is 1. The number of benzene rings is 2. The predicted molar refractivity (Wildman–Crippen MR) is 129 cm³/mol. The van der Waals surface area contributed by atoms with Crippen LogP contribution in [0.15, 0.2) is 78.0 Å². The van der Waals surface area contributed by atoms with Crippen molar-refractivity contribution in [3.63, 3.8) is 0 Å². The molecule has 1 heterocycles. The first kappa shape index (κ1) is 22.7. The molecule has 0 fully saturated rings. The number of ether oxygens (including phenoxy) is 1. The van der Waals surface area contributed by atoms with Crippen LogP contribution in [0.3, 0.4) is 0 Å². The number of nitrogens with one attached hydrogen (secondary N) is 1. The molecule has 0 saturated carbocycles. The zero-order valence-corrected chi connectivity index (χ0v) is 19.2. The Morgan fingerprint density at radius 2 is 1.79 bits per heavy atom. The molecule has 3 aromatic rings. The molecule has 0 radical (unpaired) electrons. The number of aliphatic imine (C=N–C) groups is 1. The van der Waals surface area contributed by atoms with Gasteiger partial charge >= 0.3 is 0 Å². The fourth-order valence-electron chi connectivity index (χ4n) is 2.84. The van der Waals surface area contributed by atoms with Crippen molar-refractivity contribution in [2.24, 2.45) is 4.99 Å². The highest BCUT2D eigenvalue weighted by Gasteiger charge is 2.06. The predicted octanol–water partition coefficient (Wildman–Crippen LogP) is 3.62. The number of aromatic nitrogens is 2. The lowest BCUT2D eigenvalue weighted by Gasteiger charge is -2.22. The Morgan fingerprint density at radius 3 is 2.48 bits per heavy atom. The summed E-state index contributed by atoms with van der Waals surface area (Å²) in [4.78, 5) is 6.42. The van der Waals surface area contributed by atoms with Gasteiger partial charge in [-0.1, -0.05) is 36.4 Å². The van der Waals surface area contributed by atoms with E-state index >= 15 is 0 Å². The molecule has 0 atom stereocenters. The van der Waals surface area contributed by atoms with E-state index in [1.165, 1.54) is 5.56 Å². The number of likely N-dealkylation sites (N-methyl/N-ethyl adjacent to an activating group) is 1. The molecule has 6 nitrogen and oxygen atoms in total.